The lowest BCUT2D eigenvalue weighted by molar-refractivity contribution is 0.414. The maximum atomic E-state index is 5.14. The summed E-state index contributed by atoms with van der Waals surface area (Å²) in [6.07, 6.45) is 4.02. The van der Waals surface area contributed by atoms with Crippen LogP contribution in [0.3, 0.4) is 0 Å². The van der Waals surface area contributed by atoms with E-state index in [2.05, 4.69) is 25.0 Å². The molecule has 0 atom stereocenters. The fraction of sp³-hybridized carbons (Fsp3) is 0.364. The predicted molar refractivity (Wildman–Crippen MR) is 55.8 cm³/mol. The maximum Gasteiger partial charge on any atom is 0.140 e. The lowest BCUT2D eigenvalue weighted by atomic mass is 10.2. The van der Waals surface area contributed by atoms with Gasteiger partial charge in [0.25, 0.3) is 0 Å². The number of imidazole rings is 1. The van der Waals surface area contributed by atoms with Crippen molar-refractivity contribution in [3.63, 3.8) is 0 Å². The number of methoxy groups -OCH3 is 1. The molecule has 0 N–H and O–H groups in total. The molecule has 3 nitrogen and oxygen atoms in total. The van der Waals surface area contributed by atoms with Crippen LogP contribution in [0, 0.1) is 0 Å². The molecule has 0 fully saturated rings. The average Bonchev–Trinajstić information content (AvgIpc) is 2.59. The standard InChI is InChI=1S/C11H14N2O/c1-8(2)10-7-13-5-4-9(14-3)6-11(13)12-10/h4-8H,1-3H3. The highest BCUT2D eigenvalue weighted by Crippen LogP contribution is 2.17. The first kappa shape index (κ1) is 9.06. The zero-order valence-electron chi connectivity index (χ0n) is 8.69. The molecule has 0 unspecified atom stereocenters. The van der Waals surface area contributed by atoms with Crippen molar-refractivity contribution in [1.29, 1.82) is 0 Å². The van der Waals surface area contributed by atoms with Crippen LogP contribution in [0.5, 0.6) is 5.75 Å². The van der Waals surface area contributed by atoms with Crippen molar-refractivity contribution >= 4 is 5.65 Å². The van der Waals surface area contributed by atoms with E-state index in [0.717, 1.165) is 17.1 Å². The first-order valence-corrected chi connectivity index (χ1v) is 4.73. The van der Waals surface area contributed by atoms with Crippen molar-refractivity contribution in [3.05, 3.63) is 30.2 Å². The third-order valence-corrected chi connectivity index (χ3v) is 2.28. The Morgan fingerprint density at radius 2 is 2.21 bits per heavy atom. The van der Waals surface area contributed by atoms with Gasteiger partial charge in [0, 0.05) is 18.5 Å². The highest BCUT2D eigenvalue weighted by molar-refractivity contribution is 5.45. The van der Waals surface area contributed by atoms with Gasteiger partial charge in [-0.15, -0.1) is 0 Å². The highest BCUT2D eigenvalue weighted by atomic mass is 16.5. The molecule has 0 saturated heterocycles. The third-order valence-electron chi connectivity index (χ3n) is 2.28. The summed E-state index contributed by atoms with van der Waals surface area (Å²) in [6.45, 7) is 4.28. The summed E-state index contributed by atoms with van der Waals surface area (Å²) in [7, 11) is 1.66. The molecule has 0 spiro atoms. The van der Waals surface area contributed by atoms with Gasteiger partial charge in [0.15, 0.2) is 0 Å². The molecule has 0 saturated carbocycles. The molecule has 0 aliphatic rings. The molecule has 0 amide bonds. The second-order valence-electron chi connectivity index (χ2n) is 3.65. The number of aromatic nitrogens is 2. The topological polar surface area (TPSA) is 26.5 Å². The van der Waals surface area contributed by atoms with Crippen LogP contribution < -0.4 is 4.74 Å². The first-order valence-electron chi connectivity index (χ1n) is 4.73. The van der Waals surface area contributed by atoms with E-state index < -0.39 is 0 Å². The van der Waals surface area contributed by atoms with Crippen LogP contribution in [-0.4, -0.2) is 16.5 Å². The summed E-state index contributed by atoms with van der Waals surface area (Å²) in [4.78, 5) is 4.50. The number of hydrogen-bond acceptors (Lipinski definition) is 2. The normalized spacial score (nSPS) is 11.1. The van der Waals surface area contributed by atoms with Gasteiger partial charge in [0.1, 0.15) is 11.4 Å². The quantitative estimate of drug-likeness (QED) is 0.727. The van der Waals surface area contributed by atoms with E-state index in [1.165, 1.54) is 0 Å². The molecule has 74 valence electrons. The predicted octanol–water partition coefficient (Wildman–Crippen LogP) is 2.47. The molecule has 0 aliphatic carbocycles. The minimum Gasteiger partial charge on any atom is -0.497 e. The van der Waals surface area contributed by atoms with E-state index in [0.29, 0.717) is 5.92 Å². The van der Waals surface area contributed by atoms with Gasteiger partial charge < -0.3 is 9.14 Å². The van der Waals surface area contributed by atoms with Crippen LogP contribution in [0.25, 0.3) is 5.65 Å². The lowest BCUT2D eigenvalue weighted by Gasteiger charge is -1.98. The van der Waals surface area contributed by atoms with E-state index >= 15 is 0 Å². The molecular weight excluding hydrogens is 176 g/mol. The van der Waals surface area contributed by atoms with Gasteiger partial charge in [-0.2, -0.15) is 0 Å². The van der Waals surface area contributed by atoms with Gasteiger partial charge >= 0.3 is 0 Å². The summed E-state index contributed by atoms with van der Waals surface area (Å²) >= 11 is 0. The summed E-state index contributed by atoms with van der Waals surface area (Å²) in [5.41, 5.74) is 2.05. The molecule has 3 heteroatoms. The molecule has 2 rings (SSSR count). The van der Waals surface area contributed by atoms with Gasteiger partial charge in [-0.25, -0.2) is 4.98 Å². The van der Waals surface area contributed by atoms with Crippen LogP contribution in [0.1, 0.15) is 25.5 Å². The molecule has 0 aromatic carbocycles. The lowest BCUT2D eigenvalue weighted by Crippen LogP contribution is -1.86. The maximum absolute atomic E-state index is 5.14. The summed E-state index contributed by atoms with van der Waals surface area (Å²) in [6, 6.07) is 3.87. The second-order valence-corrected chi connectivity index (χ2v) is 3.65. The van der Waals surface area contributed by atoms with Crippen LogP contribution in [-0.2, 0) is 0 Å². The van der Waals surface area contributed by atoms with Gasteiger partial charge in [-0.1, -0.05) is 13.8 Å². The first-order chi connectivity index (χ1) is 6.70. The summed E-state index contributed by atoms with van der Waals surface area (Å²) < 4.78 is 7.15. The molecule has 2 heterocycles. The van der Waals surface area contributed by atoms with Crippen LogP contribution >= 0.6 is 0 Å². The highest BCUT2D eigenvalue weighted by Gasteiger charge is 2.05. The molecule has 0 aliphatic heterocycles. The monoisotopic (exact) mass is 190 g/mol. The van der Waals surface area contributed by atoms with E-state index in [1.54, 1.807) is 7.11 Å². The van der Waals surface area contributed by atoms with Crippen molar-refractivity contribution in [1.82, 2.24) is 9.38 Å². The molecular formula is C11H14N2O. The van der Waals surface area contributed by atoms with Crippen LogP contribution in [0.4, 0.5) is 0 Å². The Balaban J connectivity index is 2.54. The minimum absolute atomic E-state index is 0.459. The van der Waals surface area contributed by atoms with E-state index in [-0.39, 0.29) is 0 Å². The van der Waals surface area contributed by atoms with Crippen molar-refractivity contribution < 1.29 is 4.74 Å². The summed E-state index contributed by atoms with van der Waals surface area (Å²) in [5, 5.41) is 0. The van der Waals surface area contributed by atoms with Crippen molar-refractivity contribution in [2.75, 3.05) is 7.11 Å². The van der Waals surface area contributed by atoms with E-state index in [4.69, 9.17) is 4.74 Å². The smallest absolute Gasteiger partial charge is 0.140 e. The molecule has 2 aromatic heterocycles. The Bertz CT molecular complexity index is 445. The molecule has 2 aromatic rings. The van der Waals surface area contributed by atoms with E-state index in [9.17, 15) is 0 Å². The molecule has 14 heavy (non-hydrogen) atoms. The number of nitrogens with zero attached hydrogens (tertiary/aromatic N) is 2. The van der Waals surface area contributed by atoms with Gasteiger partial charge in [0.2, 0.25) is 0 Å². The van der Waals surface area contributed by atoms with Gasteiger partial charge in [0.05, 0.1) is 12.8 Å². The number of ether oxygens (including phenoxy) is 1. The number of pyridine rings is 1. The van der Waals surface area contributed by atoms with Crippen molar-refractivity contribution in [2.24, 2.45) is 0 Å². The number of rotatable bonds is 2. The largest absolute Gasteiger partial charge is 0.497 e. The summed E-state index contributed by atoms with van der Waals surface area (Å²) in [5.74, 6) is 1.30. The van der Waals surface area contributed by atoms with E-state index in [1.807, 2.05) is 22.7 Å². The van der Waals surface area contributed by atoms with Crippen LogP contribution in [0.15, 0.2) is 24.5 Å². The zero-order chi connectivity index (χ0) is 10.1. The Kier molecular flexibility index (Phi) is 2.15. The minimum atomic E-state index is 0.459. The molecule has 0 radical (unpaired) electrons. The van der Waals surface area contributed by atoms with Crippen molar-refractivity contribution in [2.45, 2.75) is 19.8 Å². The Morgan fingerprint density at radius 3 is 2.86 bits per heavy atom. The number of hydrogen-bond donors (Lipinski definition) is 0. The zero-order valence-corrected chi connectivity index (χ0v) is 8.69. The number of fused-ring (bicyclic) bond motifs is 1. The SMILES string of the molecule is COc1ccn2cc(C(C)C)nc2c1. The Labute approximate surface area is 83.3 Å². The Morgan fingerprint density at radius 1 is 1.43 bits per heavy atom. The Hall–Kier alpha value is -1.51. The average molecular weight is 190 g/mol. The van der Waals surface area contributed by atoms with Crippen LogP contribution in [0.2, 0.25) is 0 Å². The fourth-order valence-corrected chi connectivity index (χ4v) is 1.39. The van der Waals surface area contributed by atoms with Crippen molar-refractivity contribution in [3.8, 4) is 5.75 Å². The second kappa shape index (κ2) is 3.33. The van der Waals surface area contributed by atoms with Gasteiger partial charge in [-0.3, -0.25) is 0 Å². The third kappa shape index (κ3) is 1.45. The fourth-order valence-electron chi connectivity index (χ4n) is 1.39. The van der Waals surface area contributed by atoms with Gasteiger partial charge in [-0.05, 0) is 12.0 Å². The molecule has 0 bridgehead atoms.